The summed E-state index contributed by atoms with van der Waals surface area (Å²) in [6.07, 6.45) is 2.56. The predicted octanol–water partition coefficient (Wildman–Crippen LogP) is 4.25. The molecule has 1 atom stereocenters. The van der Waals surface area contributed by atoms with E-state index in [1.165, 1.54) is 10.9 Å². The third kappa shape index (κ3) is 3.29. The summed E-state index contributed by atoms with van der Waals surface area (Å²) in [7, 11) is 1.88. The lowest BCUT2D eigenvalue weighted by Crippen LogP contribution is -2.30. The lowest BCUT2D eigenvalue weighted by molar-refractivity contribution is -0.132. The van der Waals surface area contributed by atoms with Gasteiger partial charge in [-0.25, -0.2) is 0 Å². The van der Waals surface area contributed by atoms with Gasteiger partial charge in [0.2, 0.25) is 5.91 Å². The average molecular weight is 306 g/mol. The topological polar surface area (TPSA) is 25.2 Å². The zero-order valence-electron chi connectivity index (χ0n) is 13.6. The molecule has 3 aromatic rings. The third-order valence-corrected chi connectivity index (χ3v) is 4.50. The van der Waals surface area contributed by atoms with Crippen molar-refractivity contribution < 1.29 is 4.79 Å². The van der Waals surface area contributed by atoms with Crippen molar-refractivity contribution in [2.75, 3.05) is 7.05 Å². The van der Waals surface area contributed by atoms with Crippen LogP contribution >= 0.6 is 0 Å². The smallest absolute Gasteiger partial charge is 0.224 e. The number of aromatic nitrogens is 1. The number of hydrogen-bond acceptors (Lipinski definition) is 1. The highest BCUT2D eigenvalue weighted by Gasteiger charge is 2.17. The fraction of sp³-hybridized carbons (Fsp3) is 0.250. The van der Waals surface area contributed by atoms with E-state index in [1.54, 1.807) is 0 Å². The Morgan fingerprint density at radius 2 is 1.74 bits per heavy atom. The maximum Gasteiger partial charge on any atom is 0.224 e. The van der Waals surface area contributed by atoms with Crippen molar-refractivity contribution in [3.63, 3.8) is 0 Å². The molecule has 0 spiro atoms. The van der Waals surface area contributed by atoms with Gasteiger partial charge in [0, 0.05) is 31.7 Å². The maximum absolute atomic E-state index is 12.5. The van der Waals surface area contributed by atoms with Crippen molar-refractivity contribution in [3.05, 3.63) is 72.4 Å². The van der Waals surface area contributed by atoms with Crippen LogP contribution in [-0.2, 0) is 11.3 Å². The number of fused-ring (bicyclic) bond motifs is 1. The van der Waals surface area contributed by atoms with Crippen LogP contribution in [0.5, 0.6) is 0 Å². The molecule has 1 aromatic heterocycles. The first-order chi connectivity index (χ1) is 11.2. The summed E-state index contributed by atoms with van der Waals surface area (Å²) in [4.78, 5) is 14.3. The molecular weight excluding hydrogens is 284 g/mol. The molecule has 0 aliphatic rings. The molecule has 0 saturated carbocycles. The van der Waals surface area contributed by atoms with Crippen LogP contribution in [-0.4, -0.2) is 22.4 Å². The molecule has 0 radical (unpaired) electrons. The monoisotopic (exact) mass is 306 g/mol. The molecule has 0 N–H and O–H groups in total. The first-order valence-corrected chi connectivity index (χ1v) is 8.01. The van der Waals surface area contributed by atoms with Crippen molar-refractivity contribution in [2.24, 2.45) is 0 Å². The van der Waals surface area contributed by atoms with Gasteiger partial charge in [0.1, 0.15) is 0 Å². The largest absolute Gasteiger partial charge is 0.347 e. The molecule has 118 valence electrons. The van der Waals surface area contributed by atoms with Crippen LogP contribution in [0.2, 0.25) is 0 Å². The Hall–Kier alpha value is -2.55. The first kappa shape index (κ1) is 15.3. The minimum Gasteiger partial charge on any atom is -0.347 e. The summed E-state index contributed by atoms with van der Waals surface area (Å²) >= 11 is 0. The van der Waals surface area contributed by atoms with Gasteiger partial charge in [-0.1, -0.05) is 48.5 Å². The van der Waals surface area contributed by atoms with E-state index in [0.717, 1.165) is 5.56 Å². The molecule has 3 heteroatoms. The number of benzene rings is 2. The molecule has 23 heavy (non-hydrogen) atoms. The van der Waals surface area contributed by atoms with E-state index in [2.05, 4.69) is 48.0 Å². The number of nitrogens with zero attached hydrogens (tertiary/aromatic N) is 2. The molecule has 0 saturated heterocycles. The third-order valence-electron chi connectivity index (χ3n) is 4.50. The van der Waals surface area contributed by atoms with Gasteiger partial charge < -0.3 is 9.47 Å². The van der Waals surface area contributed by atoms with Crippen molar-refractivity contribution >= 4 is 16.8 Å². The van der Waals surface area contributed by atoms with E-state index in [1.807, 2.05) is 42.3 Å². The zero-order valence-corrected chi connectivity index (χ0v) is 13.6. The van der Waals surface area contributed by atoms with Crippen molar-refractivity contribution in [2.45, 2.75) is 25.9 Å². The second kappa shape index (κ2) is 6.69. The van der Waals surface area contributed by atoms with E-state index in [0.29, 0.717) is 13.0 Å². The van der Waals surface area contributed by atoms with E-state index in [4.69, 9.17) is 0 Å². The predicted molar refractivity (Wildman–Crippen MR) is 94.2 cm³/mol. The fourth-order valence-electron chi connectivity index (χ4n) is 2.90. The number of aryl methyl sites for hydroxylation is 1. The summed E-state index contributed by atoms with van der Waals surface area (Å²) in [6.45, 7) is 2.77. The SMILES string of the molecule is CC(c1ccccc1)N(C)C(=O)CCn1ccc2ccccc21. The summed E-state index contributed by atoms with van der Waals surface area (Å²) < 4.78 is 2.15. The molecule has 3 nitrogen and oxygen atoms in total. The molecule has 2 aromatic carbocycles. The summed E-state index contributed by atoms with van der Waals surface area (Å²) in [5.41, 5.74) is 2.34. The molecule has 0 fully saturated rings. The number of hydrogen-bond donors (Lipinski definition) is 0. The van der Waals surface area contributed by atoms with E-state index in [-0.39, 0.29) is 11.9 Å². The van der Waals surface area contributed by atoms with Crippen LogP contribution in [0.15, 0.2) is 66.9 Å². The van der Waals surface area contributed by atoms with Gasteiger partial charge in [-0.3, -0.25) is 4.79 Å². The van der Waals surface area contributed by atoms with E-state index < -0.39 is 0 Å². The fourth-order valence-corrected chi connectivity index (χ4v) is 2.90. The summed E-state index contributed by atoms with van der Waals surface area (Å²) in [5, 5.41) is 1.21. The van der Waals surface area contributed by atoms with Crippen LogP contribution in [0.3, 0.4) is 0 Å². The van der Waals surface area contributed by atoms with Gasteiger partial charge >= 0.3 is 0 Å². The molecule has 1 unspecified atom stereocenters. The first-order valence-electron chi connectivity index (χ1n) is 8.01. The van der Waals surface area contributed by atoms with Gasteiger partial charge in [0.15, 0.2) is 0 Å². The molecule has 1 amide bonds. The average Bonchev–Trinajstić information content (AvgIpc) is 3.02. The Kier molecular flexibility index (Phi) is 4.47. The Morgan fingerprint density at radius 1 is 1.04 bits per heavy atom. The van der Waals surface area contributed by atoms with Crippen molar-refractivity contribution in [3.8, 4) is 0 Å². The van der Waals surface area contributed by atoms with Crippen LogP contribution in [0.25, 0.3) is 10.9 Å². The Labute approximate surface area is 137 Å². The molecule has 3 rings (SSSR count). The van der Waals surface area contributed by atoms with Crippen LogP contribution in [0, 0.1) is 0 Å². The number of para-hydroxylation sites is 1. The van der Waals surface area contributed by atoms with Gasteiger partial charge in [-0.2, -0.15) is 0 Å². The van der Waals surface area contributed by atoms with Crippen molar-refractivity contribution in [1.29, 1.82) is 0 Å². The molecule has 0 aliphatic heterocycles. The second-order valence-electron chi connectivity index (χ2n) is 5.91. The molecule has 0 aliphatic carbocycles. The minimum atomic E-state index is 0.0881. The van der Waals surface area contributed by atoms with Gasteiger partial charge in [0.05, 0.1) is 6.04 Å². The minimum absolute atomic E-state index is 0.0881. The van der Waals surface area contributed by atoms with E-state index >= 15 is 0 Å². The standard InChI is InChI=1S/C20H22N2O/c1-16(17-8-4-3-5-9-17)21(2)20(23)13-15-22-14-12-18-10-6-7-11-19(18)22/h3-12,14,16H,13,15H2,1-2H3. The Morgan fingerprint density at radius 3 is 2.52 bits per heavy atom. The maximum atomic E-state index is 12.5. The molecule has 0 bridgehead atoms. The Bertz CT molecular complexity index is 792. The Balaban J connectivity index is 1.65. The van der Waals surface area contributed by atoms with Gasteiger partial charge in [0.25, 0.3) is 0 Å². The van der Waals surface area contributed by atoms with Gasteiger partial charge in [-0.15, -0.1) is 0 Å². The normalized spacial score (nSPS) is 12.3. The zero-order chi connectivity index (χ0) is 16.2. The highest BCUT2D eigenvalue weighted by atomic mass is 16.2. The molecular formula is C20H22N2O. The number of carbonyl (C=O) groups excluding carboxylic acids is 1. The number of rotatable bonds is 5. The lowest BCUT2D eigenvalue weighted by Gasteiger charge is -2.25. The van der Waals surface area contributed by atoms with Crippen molar-refractivity contribution in [1.82, 2.24) is 9.47 Å². The van der Waals surface area contributed by atoms with Crippen LogP contribution < -0.4 is 0 Å². The van der Waals surface area contributed by atoms with E-state index in [9.17, 15) is 4.79 Å². The van der Waals surface area contributed by atoms with Gasteiger partial charge in [-0.05, 0) is 30.0 Å². The quantitative estimate of drug-likeness (QED) is 0.691. The highest BCUT2D eigenvalue weighted by molar-refractivity contribution is 5.80. The molecule has 1 heterocycles. The number of amides is 1. The van der Waals surface area contributed by atoms with Crippen LogP contribution in [0.1, 0.15) is 24.9 Å². The summed E-state index contributed by atoms with van der Waals surface area (Å²) in [6, 6.07) is 20.6. The lowest BCUT2D eigenvalue weighted by atomic mass is 10.1. The second-order valence-corrected chi connectivity index (χ2v) is 5.91. The summed E-state index contributed by atoms with van der Waals surface area (Å²) in [5.74, 6) is 0.166. The van der Waals surface area contributed by atoms with Crippen LogP contribution in [0.4, 0.5) is 0 Å². The number of carbonyl (C=O) groups is 1. The highest BCUT2D eigenvalue weighted by Crippen LogP contribution is 2.20.